The molecule has 1 aromatic heterocycles. The number of rotatable bonds is 5. The Morgan fingerprint density at radius 2 is 1.92 bits per heavy atom. The molecule has 3 rings (SSSR count). The minimum absolute atomic E-state index is 0.00954. The van der Waals surface area contributed by atoms with Crippen LogP contribution < -0.4 is 15.5 Å². The van der Waals surface area contributed by atoms with Crippen molar-refractivity contribution in [2.24, 2.45) is 0 Å². The summed E-state index contributed by atoms with van der Waals surface area (Å²) in [5.41, 5.74) is 1.54. The predicted molar refractivity (Wildman–Crippen MR) is 93.4 cm³/mol. The van der Waals surface area contributed by atoms with Gasteiger partial charge in [-0.2, -0.15) is 0 Å². The highest BCUT2D eigenvalue weighted by molar-refractivity contribution is 5.85. The van der Waals surface area contributed by atoms with Gasteiger partial charge in [0, 0.05) is 11.8 Å². The highest BCUT2D eigenvalue weighted by atomic mass is 16.5. The van der Waals surface area contributed by atoms with Crippen LogP contribution in [0.4, 0.5) is 5.69 Å². The number of fused-ring (bicyclic) bond motifs is 1. The molecule has 3 aromatic rings. The zero-order valence-electron chi connectivity index (χ0n) is 13.4. The van der Waals surface area contributed by atoms with Crippen LogP contribution in [-0.4, -0.2) is 12.5 Å². The summed E-state index contributed by atoms with van der Waals surface area (Å²) in [6, 6.07) is 13.8. The molecule has 0 unspecified atom stereocenters. The number of hydrogen-bond donors (Lipinski definition) is 1. The van der Waals surface area contributed by atoms with E-state index in [2.05, 4.69) is 5.32 Å². The van der Waals surface area contributed by atoms with Crippen molar-refractivity contribution in [2.45, 2.75) is 20.0 Å². The maximum atomic E-state index is 12.4. The normalized spacial score (nSPS) is 10.8. The summed E-state index contributed by atoms with van der Waals surface area (Å²) in [6.45, 7) is 3.88. The smallest absolute Gasteiger partial charge is 0.211 e. The molecule has 0 radical (unpaired) electrons. The molecule has 0 aliphatic rings. The fourth-order valence-corrected chi connectivity index (χ4v) is 2.47. The number of hydrogen-bond acceptors (Lipinski definition) is 4. The Hall–Kier alpha value is -3.08. The zero-order valence-corrected chi connectivity index (χ0v) is 13.4. The van der Waals surface area contributed by atoms with Crippen molar-refractivity contribution in [3.8, 4) is 17.1 Å². The van der Waals surface area contributed by atoms with E-state index >= 15 is 0 Å². The molecule has 24 heavy (non-hydrogen) atoms. The number of carbonyl (C=O) groups is 1. The van der Waals surface area contributed by atoms with E-state index in [9.17, 15) is 9.59 Å². The first kappa shape index (κ1) is 15.8. The van der Waals surface area contributed by atoms with Crippen molar-refractivity contribution in [2.75, 3.05) is 5.32 Å². The Balaban J connectivity index is 2.13. The lowest BCUT2D eigenvalue weighted by molar-refractivity contribution is -0.105. The summed E-state index contributed by atoms with van der Waals surface area (Å²) in [6.07, 6.45) is 0.576. The van der Waals surface area contributed by atoms with E-state index in [1.165, 1.54) is 6.07 Å². The van der Waals surface area contributed by atoms with Crippen molar-refractivity contribution in [1.82, 2.24) is 0 Å². The molecule has 5 nitrogen and oxygen atoms in total. The highest BCUT2D eigenvalue weighted by Crippen LogP contribution is 2.31. The number of ether oxygens (including phenoxy) is 1. The van der Waals surface area contributed by atoms with Crippen molar-refractivity contribution >= 4 is 23.1 Å². The molecule has 0 saturated carbocycles. The molecule has 0 spiro atoms. The van der Waals surface area contributed by atoms with Crippen LogP contribution in [-0.2, 0) is 4.79 Å². The van der Waals surface area contributed by atoms with Gasteiger partial charge in [0.05, 0.1) is 17.1 Å². The van der Waals surface area contributed by atoms with Crippen LogP contribution in [0.1, 0.15) is 13.8 Å². The average Bonchev–Trinajstić information content (AvgIpc) is 2.55. The first-order chi connectivity index (χ1) is 11.6. The standard InChI is InChI=1S/C19H17NO4/c1-12(2)23-17-6-4-3-5-14(17)19-10-16(22)15-9-13(20-11-21)7-8-18(15)24-19/h3-12H,1-2H3,(H,20,21). The van der Waals surface area contributed by atoms with E-state index in [1.54, 1.807) is 18.2 Å². The van der Waals surface area contributed by atoms with Gasteiger partial charge < -0.3 is 14.5 Å². The molecule has 0 aliphatic heterocycles. The summed E-state index contributed by atoms with van der Waals surface area (Å²) in [5.74, 6) is 1.11. The molecule has 122 valence electrons. The molecule has 2 aromatic carbocycles. The maximum absolute atomic E-state index is 12.4. The van der Waals surface area contributed by atoms with Crippen LogP contribution in [0, 0.1) is 0 Å². The fraction of sp³-hybridized carbons (Fsp3) is 0.158. The second-order valence-electron chi connectivity index (χ2n) is 5.61. The van der Waals surface area contributed by atoms with Crippen molar-refractivity contribution < 1.29 is 13.9 Å². The largest absolute Gasteiger partial charge is 0.490 e. The van der Waals surface area contributed by atoms with Gasteiger partial charge in [0.2, 0.25) is 6.41 Å². The number of benzene rings is 2. The highest BCUT2D eigenvalue weighted by Gasteiger charge is 2.12. The van der Waals surface area contributed by atoms with Crippen molar-refractivity contribution in [1.29, 1.82) is 0 Å². The average molecular weight is 323 g/mol. The molecular weight excluding hydrogens is 306 g/mol. The third-order valence-electron chi connectivity index (χ3n) is 3.47. The molecule has 1 amide bonds. The molecule has 5 heteroatoms. The SMILES string of the molecule is CC(C)Oc1ccccc1-c1cc(=O)c2cc(NC=O)ccc2o1. The minimum Gasteiger partial charge on any atom is -0.490 e. The molecule has 0 atom stereocenters. The predicted octanol–water partition coefficient (Wildman–Crippen LogP) is 3.82. The van der Waals surface area contributed by atoms with Gasteiger partial charge in [0.1, 0.15) is 17.1 Å². The van der Waals surface area contributed by atoms with Crippen LogP contribution >= 0.6 is 0 Å². The maximum Gasteiger partial charge on any atom is 0.211 e. The van der Waals surface area contributed by atoms with Gasteiger partial charge in [0.15, 0.2) is 5.43 Å². The number of para-hydroxylation sites is 1. The lowest BCUT2D eigenvalue weighted by atomic mass is 10.1. The Kier molecular flexibility index (Phi) is 4.33. The monoisotopic (exact) mass is 323 g/mol. The van der Waals surface area contributed by atoms with Crippen LogP contribution in [0.15, 0.2) is 57.7 Å². The fourth-order valence-electron chi connectivity index (χ4n) is 2.47. The van der Waals surface area contributed by atoms with Gasteiger partial charge in [0.25, 0.3) is 0 Å². The number of anilines is 1. The molecule has 0 aliphatic carbocycles. The molecule has 0 fully saturated rings. The van der Waals surface area contributed by atoms with Crippen LogP contribution in [0.25, 0.3) is 22.3 Å². The van der Waals surface area contributed by atoms with Crippen LogP contribution in [0.2, 0.25) is 0 Å². The lowest BCUT2D eigenvalue weighted by Crippen LogP contribution is -2.07. The topological polar surface area (TPSA) is 68.5 Å². The van der Waals surface area contributed by atoms with Crippen LogP contribution in [0.3, 0.4) is 0 Å². The summed E-state index contributed by atoms with van der Waals surface area (Å²) in [4.78, 5) is 23.0. The number of carbonyl (C=O) groups excluding carboxylic acids is 1. The van der Waals surface area contributed by atoms with Gasteiger partial charge in [-0.15, -0.1) is 0 Å². The summed E-state index contributed by atoms with van der Waals surface area (Å²) < 4.78 is 11.7. The van der Waals surface area contributed by atoms with E-state index in [4.69, 9.17) is 9.15 Å². The van der Waals surface area contributed by atoms with E-state index in [-0.39, 0.29) is 11.5 Å². The Morgan fingerprint density at radius 1 is 1.12 bits per heavy atom. The second kappa shape index (κ2) is 6.58. The Morgan fingerprint density at radius 3 is 2.67 bits per heavy atom. The Labute approximate surface area is 138 Å². The van der Waals surface area contributed by atoms with E-state index in [0.29, 0.717) is 34.6 Å². The Bertz CT molecular complexity index is 943. The van der Waals surface area contributed by atoms with E-state index in [0.717, 1.165) is 5.56 Å². The van der Waals surface area contributed by atoms with Gasteiger partial charge in [-0.1, -0.05) is 12.1 Å². The molecular formula is C19H17NO4. The lowest BCUT2D eigenvalue weighted by Gasteiger charge is -2.13. The third-order valence-corrected chi connectivity index (χ3v) is 3.47. The summed E-state index contributed by atoms with van der Waals surface area (Å²) >= 11 is 0. The minimum atomic E-state index is -0.180. The second-order valence-corrected chi connectivity index (χ2v) is 5.61. The summed E-state index contributed by atoms with van der Waals surface area (Å²) in [5, 5.41) is 2.93. The summed E-state index contributed by atoms with van der Waals surface area (Å²) in [7, 11) is 0. The number of amides is 1. The quantitative estimate of drug-likeness (QED) is 0.725. The van der Waals surface area contributed by atoms with Gasteiger partial charge in [-0.25, -0.2) is 0 Å². The first-order valence-electron chi connectivity index (χ1n) is 7.62. The van der Waals surface area contributed by atoms with Gasteiger partial charge in [-0.05, 0) is 44.2 Å². The zero-order chi connectivity index (χ0) is 17.1. The van der Waals surface area contributed by atoms with Gasteiger partial charge in [-0.3, -0.25) is 9.59 Å². The third kappa shape index (κ3) is 3.15. The van der Waals surface area contributed by atoms with Crippen molar-refractivity contribution in [3.63, 3.8) is 0 Å². The van der Waals surface area contributed by atoms with Gasteiger partial charge >= 0.3 is 0 Å². The molecule has 1 heterocycles. The molecule has 0 saturated heterocycles. The van der Waals surface area contributed by atoms with Crippen molar-refractivity contribution in [3.05, 3.63) is 58.8 Å². The first-order valence-corrected chi connectivity index (χ1v) is 7.62. The van der Waals surface area contributed by atoms with Crippen LogP contribution in [0.5, 0.6) is 5.75 Å². The molecule has 1 N–H and O–H groups in total. The van der Waals surface area contributed by atoms with E-state index in [1.807, 2.05) is 38.1 Å². The van der Waals surface area contributed by atoms with E-state index < -0.39 is 0 Å². The molecule has 0 bridgehead atoms. The number of nitrogens with one attached hydrogen (secondary N) is 1.